The molecule has 0 aliphatic rings. The van der Waals surface area contributed by atoms with Gasteiger partial charge in [0.2, 0.25) is 0 Å². The van der Waals surface area contributed by atoms with Gasteiger partial charge in [-0.25, -0.2) is 4.79 Å². The number of aromatic carboxylic acids is 1. The zero-order valence-corrected chi connectivity index (χ0v) is 15.3. The Morgan fingerprint density at radius 2 is 1.50 bits per heavy atom. The van der Waals surface area contributed by atoms with Gasteiger partial charge in [0.05, 0.1) is 5.56 Å². The number of rotatable bonds is 4. The summed E-state index contributed by atoms with van der Waals surface area (Å²) in [5, 5.41) is 18.6. The minimum Gasteiger partial charge on any atom is -0.478 e. The quantitative estimate of drug-likeness (QED) is 0.571. The number of alkyl halides is 6. The van der Waals surface area contributed by atoms with Crippen LogP contribution >= 0.6 is 0 Å². The molecule has 3 rings (SSSR count). The number of carboxylic acids is 1. The van der Waals surface area contributed by atoms with Crippen LogP contribution in [0.1, 0.15) is 27.2 Å². The van der Waals surface area contributed by atoms with E-state index in [0.29, 0.717) is 28.9 Å². The van der Waals surface area contributed by atoms with E-state index in [4.69, 9.17) is 5.11 Å². The average Bonchev–Trinajstić information content (AvgIpc) is 2.94. The molecule has 0 unspecified atom stereocenters. The lowest BCUT2D eigenvalue weighted by Gasteiger charge is -2.32. The van der Waals surface area contributed by atoms with Gasteiger partial charge < -0.3 is 14.8 Å². The molecular formula is C20H15F6NO3. The molecule has 0 radical (unpaired) electrons. The number of fused-ring (bicyclic) bond motifs is 1. The van der Waals surface area contributed by atoms with Gasteiger partial charge >= 0.3 is 18.3 Å². The molecule has 0 aliphatic carbocycles. The van der Waals surface area contributed by atoms with E-state index in [0.717, 1.165) is 6.07 Å². The largest absolute Gasteiger partial charge is 0.478 e. The van der Waals surface area contributed by atoms with Gasteiger partial charge in [0.15, 0.2) is 0 Å². The highest BCUT2D eigenvalue weighted by atomic mass is 19.4. The van der Waals surface area contributed by atoms with Crippen molar-refractivity contribution in [2.24, 2.45) is 0 Å². The molecule has 0 saturated carbocycles. The molecule has 2 aromatic carbocycles. The van der Waals surface area contributed by atoms with Crippen molar-refractivity contribution in [3.63, 3.8) is 0 Å². The summed E-state index contributed by atoms with van der Waals surface area (Å²) in [5.74, 6) is -1.10. The summed E-state index contributed by atoms with van der Waals surface area (Å²) in [7, 11) is 0. The van der Waals surface area contributed by atoms with Crippen LogP contribution in [0, 0.1) is 6.92 Å². The molecule has 0 amide bonds. The Kier molecular flexibility index (Phi) is 5.10. The number of carbonyl (C=O) groups is 1. The van der Waals surface area contributed by atoms with E-state index in [2.05, 4.69) is 0 Å². The van der Waals surface area contributed by atoms with Crippen LogP contribution in [0.3, 0.4) is 0 Å². The minimum atomic E-state index is -5.96. The predicted octanol–water partition coefficient (Wildman–Crippen LogP) is 5.01. The summed E-state index contributed by atoms with van der Waals surface area (Å²) in [6.45, 7) is 1.85. The maximum atomic E-state index is 13.1. The summed E-state index contributed by atoms with van der Waals surface area (Å²) < 4.78 is 80.4. The lowest BCUT2D eigenvalue weighted by molar-refractivity contribution is -0.376. The third-order valence-electron chi connectivity index (χ3n) is 4.89. The Morgan fingerprint density at radius 3 is 2.00 bits per heavy atom. The maximum Gasteiger partial charge on any atom is 0.430 e. The number of aliphatic hydroxyl groups is 1. The first-order valence-corrected chi connectivity index (χ1v) is 8.54. The Labute approximate surface area is 166 Å². The van der Waals surface area contributed by atoms with Crippen LogP contribution in [-0.2, 0) is 12.1 Å². The fraction of sp³-hybridized carbons (Fsp3) is 0.250. The molecule has 1 aromatic heterocycles. The number of aryl methyl sites for hydroxylation is 1. The minimum absolute atomic E-state index is 0.0797. The molecule has 0 atom stereocenters. The van der Waals surface area contributed by atoms with Gasteiger partial charge in [-0.1, -0.05) is 18.2 Å². The topological polar surface area (TPSA) is 62.5 Å². The van der Waals surface area contributed by atoms with Crippen molar-refractivity contribution in [3.05, 3.63) is 70.9 Å². The molecule has 3 aromatic rings. The first-order chi connectivity index (χ1) is 13.8. The fourth-order valence-electron chi connectivity index (χ4n) is 3.27. The molecule has 0 bridgehead atoms. The Balaban J connectivity index is 2.05. The molecule has 4 nitrogen and oxygen atoms in total. The number of nitrogens with zero attached hydrogens (tertiary/aromatic N) is 1. The van der Waals surface area contributed by atoms with E-state index in [1.54, 1.807) is 23.6 Å². The monoisotopic (exact) mass is 431 g/mol. The van der Waals surface area contributed by atoms with Gasteiger partial charge in [-0.15, -0.1) is 0 Å². The smallest absolute Gasteiger partial charge is 0.430 e. The van der Waals surface area contributed by atoms with Crippen LogP contribution in [0.25, 0.3) is 10.9 Å². The number of benzene rings is 2. The predicted molar refractivity (Wildman–Crippen MR) is 95.2 cm³/mol. The summed E-state index contributed by atoms with van der Waals surface area (Å²) in [5.41, 5.74) is -4.62. The van der Waals surface area contributed by atoms with Crippen LogP contribution in [0.4, 0.5) is 26.3 Å². The number of carboxylic acid groups (broad SMARTS) is 1. The second-order valence-corrected chi connectivity index (χ2v) is 6.85. The van der Waals surface area contributed by atoms with Gasteiger partial charge in [-0.3, -0.25) is 0 Å². The number of aromatic nitrogens is 1. The van der Waals surface area contributed by atoms with Crippen LogP contribution < -0.4 is 0 Å². The summed E-state index contributed by atoms with van der Waals surface area (Å²) >= 11 is 0. The summed E-state index contributed by atoms with van der Waals surface area (Å²) in [4.78, 5) is 10.9. The normalized spacial score (nSPS) is 13.1. The molecular weight excluding hydrogens is 416 g/mol. The Morgan fingerprint density at radius 1 is 0.933 bits per heavy atom. The van der Waals surface area contributed by atoms with E-state index in [1.165, 1.54) is 18.2 Å². The van der Waals surface area contributed by atoms with Gasteiger partial charge in [-0.2, -0.15) is 26.3 Å². The molecule has 2 N–H and O–H groups in total. The molecule has 1 heterocycles. The van der Waals surface area contributed by atoms with Crippen molar-refractivity contribution in [2.45, 2.75) is 31.4 Å². The van der Waals surface area contributed by atoms with Gasteiger partial charge in [0.1, 0.15) is 0 Å². The average molecular weight is 431 g/mol. The van der Waals surface area contributed by atoms with Crippen LogP contribution in [0.15, 0.2) is 48.5 Å². The lowest BCUT2D eigenvalue weighted by Crippen LogP contribution is -2.53. The highest BCUT2D eigenvalue weighted by molar-refractivity contribution is 5.87. The first-order valence-electron chi connectivity index (χ1n) is 8.54. The first kappa shape index (κ1) is 21.7. The molecule has 0 saturated heterocycles. The Bertz CT molecular complexity index is 1080. The van der Waals surface area contributed by atoms with E-state index >= 15 is 0 Å². The van der Waals surface area contributed by atoms with Crippen molar-refractivity contribution >= 4 is 16.9 Å². The maximum absolute atomic E-state index is 13.1. The highest BCUT2D eigenvalue weighted by Gasteiger charge is 2.71. The summed E-state index contributed by atoms with van der Waals surface area (Å²) in [6, 6.07) is 9.70. The number of hydrogen-bond donors (Lipinski definition) is 2. The molecule has 0 spiro atoms. The van der Waals surface area contributed by atoms with Gasteiger partial charge in [-0.05, 0) is 42.8 Å². The van der Waals surface area contributed by atoms with Crippen molar-refractivity contribution < 1.29 is 41.4 Å². The van der Waals surface area contributed by atoms with Crippen molar-refractivity contribution in [1.29, 1.82) is 0 Å². The van der Waals surface area contributed by atoms with Crippen molar-refractivity contribution in [2.75, 3.05) is 0 Å². The molecule has 30 heavy (non-hydrogen) atoms. The number of halogens is 6. The molecule has 160 valence electrons. The standard InChI is InChI=1S/C20H15F6NO3/c1-11-8-14-9-15(18(30,19(21,22)23)20(24,25)26)6-7-16(14)27(11)10-12-2-4-13(5-3-12)17(28)29/h2-9,30H,10H2,1H3,(H,28,29). The third-order valence-corrected chi connectivity index (χ3v) is 4.89. The van der Waals surface area contributed by atoms with E-state index < -0.39 is 29.5 Å². The highest BCUT2D eigenvalue weighted by Crippen LogP contribution is 2.50. The second kappa shape index (κ2) is 7.05. The molecule has 0 aliphatic heterocycles. The van der Waals surface area contributed by atoms with Crippen LogP contribution in [-0.4, -0.2) is 33.1 Å². The Hall–Kier alpha value is -3.01. The zero-order valence-electron chi connectivity index (χ0n) is 15.3. The fourth-order valence-corrected chi connectivity index (χ4v) is 3.27. The SMILES string of the molecule is Cc1cc2cc(C(O)(C(F)(F)F)C(F)(F)F)ccc2n1Cc1ccc(C(=O)O)cc1. The summed E-state index contributed by atoms with van der Waals surface area (Å²) in [6.07, 6.45) is -11.9. The second-order valence-electron chi connectivity index (χ2n) is 6.85. The van der Waals surface area contributed by atoms with Crippen LogP contribution in [0.5, 0.6) is 0 Å². The molecule has 0 fully saturated rings. The van der Waals surface area contributed by atoms with Crippen molar-refractivity contribution in [3.8, 4) is 0 Å². The zero-order chi connectivity index (χ0) is 22.5. The van der Waals surface area contributed by atoms with E-state index in [9.17, 15) is 36.2 Å². The lowest BCUT2D eigenvalue weighted by atomic mass is 9.91. The van der Waals surface area contributed by atoms with Gasteiger partial charge in [0, 0.05) is 28.7 Å². The van der Waals surface area contributed by atoms with Crippen LogP contribution in [0.2, 0.25) is 0 Å². The molecule has 10 heteroatoms. The van der Waals surface area contributed by atoms with Gasteiger partial charge in [0.25, 0.3) is 5.60 Å². The van der Waals surface area contributed by atoms with Crippen molar-refractivity contribution in [1.82, 2.24) is 4.57 Å². The van der Waals surface area contributed by atoms with E-state index in [1.807, 2.05) is 0 Å². The number of hydrogen-bond acceptors (Lipinski definition) is 2. The third kappa shape index (κ3) is 3.51. The van der Waals surface area contributed by atoms with E-state index in [-0.39, 0.29) is 17.5 Å².